The monoisotopic (exact) mass is 327 g/mol. The molecule has 2 fully saturated rings. The first-order chi connectivity index (χ1) is 10.9. The smallest absolute Gasteiger partial charge is 0.410 e. The average molecular weight is 327 g/mol. The molecular formula is C17H33N3O3. The fourth-order valence-electron chi connectivity index (χ4n) is 3.05. The number of amides is 1. The number of rotatable bonds is 5. The number of carbonyl (C=O) groups is 1. The maximum atomic E-state index is 12.0. The van der Waals surface area contributed by atoms with Crippen LogP contribution < -0.4 is 10.6 Å². The van der Waals surface area contributed by atoms with Gasteiger partial charge in [0.1, 0.15) is 5.60 Å². The second-order valence-corrected chi connectivity index (χ2v) is 7.52. The van der Waals surface area contributed by atoms with Crippen molar-refractivity contribution < 1.29 is 14.3 Å². The molecule has 0 atom stereocenters. The number of likely N-dealkylation sites (tertiary alicyclic amines) is 1. The molecule has 2 N–H and O–H groups in total. The van der Waals surface area contributed by atoms with Crippen LogP contribution in [0.5, 0.6) is 0 Å². The molecule has 23 heavy (non-hydrogen) atoms. The number of hydrogen-bond acceptors (Lipinski definition) is 5. The van der Waals surface area contributed by atoms with Crippen molar-refractivity contribution in [2.24, 2.45) is 0 Å². The van der Waals surface area contributed by atoms with Crippen LogP contribution in [0, 0.1) is 0 Å². The molecule has 2 aliphatic rings. The zero-order valence-corrected chi connectivity index (χ0v) is 14.9. The Bertz CT molecular complexity index is 357. The van der Waals surface area contributed by atoms with Crippen LogP contribution in [0.4, 0.5) is 4.79 Å². The van der Waals surface area contributed by atoms with E-state index in [1.807, 2.05) is 20.8 Å². The molecule has 6 heteroatoms. The fraction of sp³-hybridized carbons (Fsp3) is 0.941. The van der Waals surface area contributed by atoms with Gasteiger partial charge in [0, 0.05) is 25.7 Å². The Morgan fingerprint density at radius 2 is 1.83 bits per heavy atom. The van der Waals surface area contributed by atoms with E-state index in [0.717, 1.165) is 52.2 Å². The van der Waals surface area contributed by atoms with E-state index in [2.05, 4.69) is 10.6 Å². The van der Waals surface area contributed by atoms with Gasteiger partial charge in [-0.3, -0.25) is 0 Å². The molecule has 2 rings (SSSR count). The first-order valence-electron chi connectivity index (χ1n) is 8.98. The second kappa shape index (κ2) is 8.85. The highest BCUT2D eigenvalue weighted by atomic mass is 16.6. The Morgan fingerprint density at radius 3 is 2.43 bits per heavy atom. The molecule has 6 nitrogen and oxygen atoms in total. The lowest BCUT2D eigenvalue weighted by Gasteiger charge is -2.33. The lowest BCUT2D eigenvalue weighted by molar-refractivity contribution is -0.0109. The Hall–Kier alpha value is -0.850. The first-order valence-corrected chi connectivity index (χ1v) is 8.98. The van der Waals surface area contributed by atoms with Crippen molar-refractivity contribution in [2.75, 3.05) is 39.3 Å². The molecule has 0 bridgehead atoms. The first kappa shape index (κ1) is 18.5. The number of nitrogens with one attached hydrogen (secondary N) is 2. The molecule has 2 aliphatic heterocycles. The van der Waals surface area contributed by atoms with Crippen LogP contribution in [0.25, 0.3) is 0 Å². The molecular weight excluding hydrogens is 294 g/mol. The number of piperidine rings is 2. The van der Waals surface area contributed by atoms with E-state index in [-0.39, 0.29) is 12.2 Å². The minimum atomic E-state index is -0.426. The summed E-state index contributed by atoms with van der Waals surface area (Å²) in [4.78, 5) is 13.8. The van der Waals surface area contributed by atoms with Crippen molar-refractivity contribution in [3.8, 4) is 0 Å². The highest BCUT2D eigenvalue weighted by Gasteiger charge is 2.27. The zero-order chi connectivity index (χ0) is 16.7. The van der Waals surface area contributed by atoms with Crippen molar-refractivity contribution in [3.05, 3.63) is 0 Å². The molecule has 2 heterocycles. The van der Waals surface area contributed by atoms with Gasteiger partial charge < -0.3 is 25.0 Å². The fourth-order valence-corrected chi connectivity index (χ4v) is 3.05. The summed E-state index contributed by atoms with van der Waals surface area (Å²) in [5.41, 5.74) is -0.426. The molecule has 0 spiro atoms. The predicted molar refractivity (Wildman–Crippen MR) is 90.7 cm³/mol. The summed E-state index contributed by atoms with van der Waals surface area (Å²) in [6.45, 7) is 11.0. The Kier molecular flexibility index (Phi) is 7.11. The summed E-state index contributed by atoms with van der Waals surface area (Å²) in [5.74, 6) is 0. The van der Waals surface area contributed by atoms with Gasteiger partial charge in [0.25, 0.3) is 0 Å². The maximum Gasteiger partial charge on any atom is 0.410 e. The number of carbonyl (C=O) groups excluding carboxylic acids is 1. The van der Waals surface area contributed by atoms with E-state index in [1.54, 1.807) is 4.90 Å². The maximum absolute atomic E-state index is 12.0. The van der Waals surface area contributed by atoms with Crippen LogP contribution >= 0.6 is 0 Å². The number of nitrogens with zero attached hydrogens (tertiary/aromatic N) is 1. The van der Waals surface area contributed by atoms with Crippen molar-refractivity contribution >= 4 is 6.09 Å². The summed E-state index contributed by atoms with van der Waals surface area (Å²) in [6.07, 6.45) is 4.26. The van der Waals surface area contributed by atoms with E-state index in [4.69, 9.17) is 9.47 Å². The molecule has 1 amide bonds. The van der Waals surface area contributed by atoms with Crippen LogP contribution in [0.2, 0.25) is 0 Å². The lowest BCUT2D eigenvalue weighted by Crippen LogP contribution is -2.44. The third kappa shape index (κ3) is 7.06. The third-order valence-corrected chi connectivity index (χ3v) is 4.32. The van der Waals surface area contributed by atoms with Crippen molar-refractivity contribution in [2.45, 2.75) is 64.2 Å². The van der Waals surface area contributed by atoms with Gasteiger partial charge in [-0.15, -0.1) is 0 Å². The van der Waals surface area contributed by atoms with Crippen molar-refractivity contribution in [1.82, 2.24) is 15.5 Å². The van der Waals surface area contributed by atoms with Gasteiger partial charge >= 0.3 is 6.09 Å². The predicted octanol–water partition coefficient (Wildman–Crippen LogP) is 1.74. The van der Waals surface area contributed by atoms with Gasteiger partial charge in [0.2, 0.25) is 0 Å². The van der Waals surface area contributed by atoms with E-state index >= 15 is 0 Å². The molecule has 2 saturated heterocycles. The van der Waals surface area contributed by atoms with Crippen LogP contribution in [0.15, 0.2) is 0 Å². The molecule has 0 aromatic carbocycles. The molecule has 0 aromatic rings. The van der Waals surface area contributed by atoms with Crippen molar-refractivity contribution in [3.63, 3.8) is 0 Å². The minimum absolute atomic E-state index is 0.205. The SMILES string of the molecule is CC(C)(C)OC(=O)N1CCC(OCCNC2CCNCC2)CC1. The van der Waals surface area contributed by atoms with Gasteiger partial charge in [-0.05, 0) is 59.5 Å². The van der Waals surface area contributed by atoms with E-state index < -0.39 is 5.60 Å². The van der Waals surface area contributed by atoms with Crippen LogP contribution in [-0.2, 0) is 9.47 Å². The van der Waals surface area contributed by atoms with Gasteiger partial charge in [-0.25, -0.2) is 4.79 Å². The van der Waals surface area contributed by atoms with Crippen LogP contribution in [0.1, 0.15) is 46.5 Å². The summed E-state index contributed by atoms with van der Waals surface area (Å²) >= 11 is 0. The lowest BCUT2D eigenvalue weighted by atomic mass is 10.1. The highest BCUT2D eigenvalue weighted by Crippen LogP contribution is 2.17. The molecule has 0 unspecified atom stereocenters. The standard InChI is InChI=1S/C17H33N3O3/c1-17(2,3)23-16(21)20-11-6-15(7-12-20)22-13-10-19-14-4-8-18-9-5-14/h14-15,18-19H,4-13H2,1-3H3. The van der Waals surface area contributed by atoms with E-state index in [0.29, 0.717) is 6.04 Å². The molecule has 0 saturated carbocycles. The van der Waals surface area contributed by atoms with Crippen LogP contribution in [0.3, 0.4) is 0 Å². The summed E-state index contributed by atoms with van der Waals surface area (Å²) in [5, 5.41) is 6.93. The normalized spacial score (nSPS) is 21.4. The number of hydrogen-bond donors (Lipinski definition) is 2. The highest BCUT2D eigenvalue weighted by molar-refractivity contribution is 5.68. The quantitative estimate of drug-likeness (QED) is 0.753. The van der Waals surface area contributed by atoms with Gasteiger partial charge in [-0.2, -0.15) is 0 Å². The molecule has 0 radical (unpaired) electrons. The van der Waals surface area contributed by atoms with Crippen molar-refractivity contribution in [1.29, 1.82) is 0 Å². The molecule has 0 aliphatic carbocycles. The van der Waals surface area contributed by atoms with E-state index in [1.165, 1.54) is 12.8 Å². The van der Waals surface area contributed by atoms with Crippen LogP contribution in [-0.4, -0.2) is 68.1 Å². The summed E-state index contributed by atoms with van der Waals surface area (Å²) in [7, 11) is 0. The Labute approximate surface area is 140 Å². The molecule has 134 valence electrons. The summed E-state index contributed by atoms with van der Waals surface area (Å²) < 4.78 is 11.4. The molecule has 0 aromatic heterocycles. The van der Waals surface area contributed by atoms with Gasteiger partial charge in [0.05, 0.1) is 12.7 Å². The number of ether oxygens (including phenoxy) is 2. The Balaban J connectivity index is 1.55. The Morgan fingerprint density at radius 1 is 1.17 bits per heavy atom. The largest absolute Gasteiger partial charge is 0.444 e. The minimum Gasteiger partial charge on any atom is -0.444 e. The third-order valence-electron chi connectivity index (χ3n) is 4.32. The topological polar surface area (TPSA) is 62.8 Å². The van der Waals surface area contributed by atoms with Gasteiger partial charge in [-0.1, -0.05) is 0 Å². The second-order valence-electron chi connectivity index (χ2n) is 7.52. The van der Waals surface area contributed by atoms with E-state index in [9.17, 15) is 4.79 Å². The van der Waals surface area contributed by atoms with Gasteiger partial charge in [0.15, 0.2) is 0 Å². The summed E-state index contributed by atoms with van der Waals surface area (Å²) in [6, 6.07) is 0.633. The average Bonchev–Trinajstić information content (AvgIpc) is 2.51. The zero-order valence-electron chi connectivity index (χ0n) is 14.9.